The Bertz CT molecular complexity index is 392. The number of thiophene rings is 1. The summed E-state index contributed by atoms with van der Waals surface area (Å²) in [6, 6.07) is 3.73. The van der Waals surface area contributed by atoms with Gasteiger partial charge in [-0.25, -0.2) is 0 Å². The summed E-state index contributed by atoms with van der Waals surface area (Å²) in [5.41, 5.74) is 0. The molecule has 1 aromatic rings. The van der Waals surface area contributed by atoms with Crippen molar-refractivity contribution < 1.29 is 9.53 Å². The number of nitrogens with zero attached hydrogens (tertiary/aromatic N) is 1. The van der Waals surface area contributed by atoms with Gasteiger partial charge in [0.25, 0.3) is 5.91 Å². The van der Waals surface area contributed by atoms with Crippen molar-refractivity contribution in [3.8, 4) is 0 Å². The maximum Gasteiger partial charge on any atom is 0.261 e. The van der Waals surface area contributed by atoms with E-state index in [1.165, 1.54) is 11.3 Å². The van der Waals surface area contributed by atoms with Crippen LogP contribution in [0.4, 0.5) is 0 Å². The predicted molar refractivity (Wildman–Crippen MR) is 77.7 cm³/mol. The number of morpholine rings is 1. The molecule has 1 aromatic heterocycles. The van der Waals surface area contributed by atoms with Crippen LogP contribution in [-0.2, 0) is 4.74 Å². The molecule has 106 valence electrons. The molecule has 1 aliphatic heterocycles. The van der Waals surface area contributed by atoms with E-state index in [1.54, 1.807) is 0 Å². The SMILES string of the molecule is CC(C)CN1CCO[C@@H](CNC(=O)c2cccs2)C1. The van der Waals surface area contributed by atoms with Crippen LogP contribution in [0, 0.1) is 5.92 Å². The van der Waals surface area contributed by atoms with E-state index < -0.39 is 0 Å². The third-order valence-electron chi connectivity index (χ3n) is 3.08. The molecule has 2 rings (SSSR count). The molecular formula is C14H22N2O2S. The molecule has 1 atom stereocenters. The maximum absolute atomic E-state index is 11.8. The van der Waals surface area contributed by atoms with Gasteiger partial charge in [0, 0.05) is 26.2 Å². The maximum atomic E-state index is 11.8. The van der Waals surface area contributed by atoms with Gasteiger partial charge in [-0.15, -0.1) is 11.3 Å². The number of nitrogens with one attached hydrogen (secondary N) is 1. The first kappa shape index (κ1) is 14.5. The lowest BCUT2D eigenvalue weighted by atomic mass is 10.2. The van der Waals surface area contributed by atoms with Gasteiger partial charge < -0.3 is 10.1 Å². The number of hydrogen-bond donors (Lipinski definition) is 1. The predicted octanol–water partition coefficient (Wildman–Crippen LogP) is 1.83. The Kier molecular flexibility index (Phi) is 5.36. The second-order valence-corrected chi connectivity index (χ2v) is 6.28. The van der Waals surface area contributed by atoms with Crippen LogP contribution in [0.2, 0.25) is 0 Å². The zero-order chi connectivity index (χ0) is 13.7. The fourth-order valence-electron chi connectivity index (χ4n) is 2.29. The van der Waals surface area contributed by atoms with Gasteiger partial charge in [0.15, 0.2) is 0 Å². The molecule has 1 saturated heterocycles. The van der Waals surface area contributed by atoms with Gasteiger partial charge in [0.1, 0.15) is 0 Å². The summed E-state index contributed by atoms with van der Waals surface area (Å²) in [5, 5.41) is 4.86. The Balaban J connectivity index is 1.75. The second-order valence-electron chi connectivity index (χ2n) is 5.33. The molecule has 0 spiro atoms. The smallest absolute Gasteiger partial charge is 0.261 e. The van der Waals surface area contributed by atoms with Crippen LogP contribution < -0.4 is 5.32 Å². The van der Waals surface area contributed by atoms with Gasteiger partial charge >= 0.3 is 0 Å². The number of carbonyl (C=O) groups excluding carboxylic acids is 1. The van der Waals surface area contributed by atoms with Crippen molar-refractivity contribution in [2.45, 2.75) is 20.0 Å². The van der Waals surface area contributed by atoms with Crippen LogP contribution in [0.25, 0.3) is 0 Å². The number of hydrogen-bond acceptors (Lipinski definition) is 4. The van der Waals surface area contributed by atoms with E-state index in [9.17, 15) is 4.79 Å². The lowest BCUT2D eigenvalue weighted by Gasteiger charge is -2.33. The molecule has 2 heterocycles. The van der Waals surface area contributed by atoms with Crippen molar-refractivity contribution in [2.24, 2.45) is 5.92 Å². The highest BCUT2D eigenvalue weighted by Gasteiger charge is 2.21. The summed E-state index contributed by atoms with van der Waals surface area (Å²) in [7, 11) is 0. The Labute approximate surface area is 118 Å². The number of amides is 1. The molecule has 1 aliphatic rings. The molecule has 1 N–H and O–H groups in total. The summed E-state index contributed by atoms with van der Waals surface area (Å²) in [4.78, 5) is 15.0. The molecule has 0 aliphatic carbocycles. The van der Waals surface area contributed by atoms with Gasteiger partial charge in [0.2, 0.25) is 0 Å². The van der Waals surface area contributed by atoms with E-state index in [2.05, 4.69) is 24.1 Å². The van der Waals surface area contributed by atoms with Gasteiger partial charge in [-0.05, 0) is 17.4 Å². The molecule has 4 nitrogen and oxygen atoms in total. The van der Waals surface area contributed by atoms with Crippen LogP contribution in [-0.4, -0.2) is 49.7 Å². The Morgan fingerprint density at radius 2 is 2.47 bits per heavy atom. The summed E-state index contributed by atoms with van der Waals surface area (Å²) >= 11 is 1.46. The highest BCUT2D eigenvalue weighted by Crippen LogP contribution is 2.10. The van der Waals surface area contributed by atoms with Crippen LogP contribution in [0.15, 0.2) is 17.5 Å². The highest BCUT2D eigenvalue weighted by molar-refractivity contribution is 7.12. The lowest BCUT2D eigenvalue weighted by Crippen LogP contribution is -2.48. The van der Waals surface area contributed by atoms with Gasteiger partial charge in [-0.3, -0.25) is 9.69 Å². The average molecular weight is 282 g/mol. The fourth-order valence-corrected chi connectivity index (χ4v) is 2.93. The quantitative estimate of drug-likeness (QED) is 0.896. The minimum atomic E-state index is -0.000386. The summed E-state index contributed by atoms with van der Waals surface area (Å²) < 4.78 is 5.70. The normalized spacial score (nSPS) is 20.7. The third-order valence-corrected chi connectivity index (χ3v) is 3.95. The van der Waals surface area contributed by atoms with Crippen molar-refractivity contribution in [2.75, 3.05) is 32.8 Å². The molecular weight excluding hydrogens is 260 g/mol. The molecule has 0 aromatic carbocycles. The largest absolute Gasteiger partial charge is 0.374 e. The second kappa shape index (κ2) is 7.03. The first-order valence-electron chi connectivity index (χ1n) is 6.81. The van der Waals surface area contributed by atoms with Gasteiger partial charge in [-0.1, -0.05) is 19.9 Å². The van der Waals surface area contributed by atoms with E-state index in [4.69, 9.17) is 4.74 Å². The van der Waals surface area contributed by atoms with Crippen molar-refractivity contribution in [3.63, 3.8) is 0 Å². The van der Waals surface area contributed by atoms with Crippen LogP contribution in [0.3, 0.4) is 0 Å². The summed E-state index contributed by atoms with van der Waals surface area (Å²) in [5.74, 6) is 0.666. The van der Waals surface area contributed by atoms with E-state index in [0.29, 0.717) is 12.5 Å². The summed E-state index contributed by atoms with van der Waals surface area (Å²) in [6.45, 7) is 8.79. The molecule has 19 heavy (non-hydrogen) atoms. The first-order valence-corrected chi connectivity index (χ1v) is 7.69. The molecule has 0 saturated carbocycles. The Hall–Kier alpha value is -0.910. The molecule has 0 unspecified atom stereocenters. The zero-order valence-corrected chi connectivity index (χ0v) is 12.4. The van der Waals surface area contributed by atoms with Gasteiger partial charge in [-0.2, -0.15) is 0 Å². The lowest BCUT2D eigenvalue weighted by molar-refractivity contribution is -0.0295. The summed E-state index contributed by atoms with van der Waals surface area (Å²) in [6.07, 6.45) is 0.108. The van der Waals surface area contributed by atoms with E-state index in [-0.39, 0.29) is 12.0 Å². The van der Waals surface area contributed by atoms with Crippen molar-refractivity contribution in [1.29, 1.82) is 0 Å². The minimum absolute atomic E-state index is 0.000386. The average Bonchev–Trinajstić information content (AvgIpc) is 2.89. The topological polar surface area (TPSA) is 41.6 Å². The van der Waals surface area contributed by atoms with E-state index >= 15 is 0 Å². The Morgan fingerprint density at radius 1 is 1.63 bits per heavy atom. The van der Waals surface area contributed by atoms with Crippen LogP contribution >= 0.6 is 11.3 Å². The standard InChI is InChI=1S/C14H22N2O2S/c1-11(2)9-16-5-6-18-12(10-16)8-15-14(17)13-4-3-7-19-13/h3-4,7,11-12H,5-6,8-10H2,1-2H3,(H,15,17)/t12-/m0/s1. The molecule has 1 amide bonds. The zero-order valence-electron chi connectivity index (χ0n) is 11.6. The van der Waals surface area contributed by atoms with Gasteiger partial charge in [0.05, 0.1) is 17.6 Å². The molecule has 0 bridgehead atoms. The van der Waals surface area contributed by atoms with Crippen molar-refractivity contribution in [3.05, 3.63) is 22.4 Å². The monoisotopic (exact) mass is 282 g/mol. The number of carbonyl (C=O) groups is 1. The minimum Gasteiger partial charge on any atom is -0.374 e. The fraction of sp³-hybridized carbons (Fsp3) is 0.643. The number of rotatable bonds is 5. The third kappa shape index (κ3) is 4.60. The first-order chi connectivity index (χ1) is 9.15. The van der Waals surface area contributed by atoms with E-state index in [1.807, 2.05) is 17.5 Å². The van der Waals surface area contributed by atoms with E-state index in [0.717, 1.165) is 31.1 Å². The van der Waals surface area contributed by atoms with Crippen LogP contribution in [0.1, 0.15) is 23.5 Å². The molecule has 5 heteroatoms. The van der Waals surface area contributed by atoms with Crippen molar-refractivity contribution in [1.82, 2.24) is 10.2 Å². The highest BCUT2D eigenvalue weighted by atomic mass is 32.1. The van der Waals surface area contributed by atoms with Crippen molar-refractivity contribution >= 4 is 17.2 Å². The Morgan fingerprint density at radius 3 is 3.16 bits per heavy atom. The molecule has 0 radical (unpaired) electrons. The van der Waals surface area contributed by atoms with Crippen LogP contribution in [0.5, 0.6) is 0 Å². The number of ether oxygens (including phenoxy) is 1. The molecule has 1 fully saturated rings.